The van der Waals surface area contributed by atoms with E-state index in [9.17, 15) is 14.0 Å². The van der Waals surface area contributed by atoms with Crippen LogP contribution in [-0.4, -0.2) is 35.9 Å². The van der Waals surface area contributed by atoms with E-state index in [0.717, 1.165) is 11.1 Å². The number of nitrogens with zero attached hydrogens (tertiary/aromatic N) is 1. The zero-order valence-electron chi connectivity index (χ0n) is 17.1. The van der Waals surface area contributed by atoms with E-state index in [1.54, 1.807) is 42.3 Å². The Morgan fingerprint density at radius 3 is 2.34 bits per heavy atom. The lowest BCUT2D eigenvalue weighted by molar-refractivity contribution is -0.596. The van der Waals surface area contributed by atoms with E-state index in [4.69, 9.17) is 16.3 Å². The Labute approximate surface area is 189 Å². The monoisotopic (exact) mass is 452 g/mol. The molecule has 0 spiro atoms. The molecule has 2 amide bonds. The smallest absolute Gasteiger partial charge is 0.304 e. The van der Waals surface area contributed by atoms with E-state index in [1.807, 2.05) is 24.3 Å². The van der Waals surface area contributed by atoms with Gasteiger partial charge < -0.3 is 10.1 Å². The summed E-state index contributed by atoms with van der Waals surface area (Å²) in [4.78, 5) is 25.6. The number of hydrazone groups is 1. The summed E-state index contributed by atoms with van der Waals surface area (Å²) < 4.78 is 20.1. The SMILES string of the molecule is COc1ccc(/C=[N+]2\NC(=O)[C@H](NC(=O)c3ccc(F)cc3)[C@H]2c2ccc(Cl)cc2)cc1. The zero-order chi connectivity index (χ0) is 22.7. The molecule has 1 saturated heterocycles. The van der Waals surface area contributed by atoms with E-state index >= 15 is 0 Å². The van der Waals surface area contributed by atoms with Gasteiger partial charge >= 0.3 is 5.91 Å². The molecule has 3 aromatic carbocycles. The van der Waals surface area contributed by atoms with Gasteiger partial charge in [-0.1, -0.05) is 23.7 Å². The van der Waals surface area contributed by atoms with Crippen LogP contribution in [0.3, 0.4) is 0 Å². The van der Waals surface area contributed by atoms with Crippen LogP contribution in [-0.2, 0) is 4.79 Å². The second kappa shape index (κ2) is 9.20. The molecule has 1 heterocycles. The molecule has 2 atom stereocenters. The first-order valence-corrected chi connectivity index (χ1v) is 10.2. The van der Waals surface area contributed by atoms with Crippen LogP contribution >= 0.6 is 11.6 Å². The van der Waals surface area contributed by atoms with Gasteiger partial charge in [0.1, 0.15) is 11.6 Å². The van der Waals surface area contributed by atoms with E-state index in [2.05, 4.69) is 10.7 Å². The highest BCUT2D eigenvalue weighted by Gasteiger charge is 2.47. The Kier molecular flexibility index (Phi) is 6.18. The normalized spacial score (nSPS) is 19.0. The Morgan fingerprint density at radius 2 is 1.72 bits per heavy atom. The fraction of sp³-hybridized carbons (Fsp3) is 0.125. The molecule has 32 heavy (non-hydrogen) atoms. The molecule has 0 saturated carbocycles. The van der Waals surface area contributed by atoms with E-state index in [-0.39, 0.29) is 11.5 Å². The minimum absolute atomic E-state index is 0.256. The predicted molar refractivity (Wildman–Crippen MR) is 118 cm³/mol. The topological polar surface area (TPSA) is 70.4 Å². The average molecular weight is 453 g/mol. The Bertz CT molecular complexity index is 1160. The van der Waals surface area contributed by atoms with Crippen molar-refractivity contribution in [1.29, 1.82) is 0 Å². The van der Waals surface area contributed by atoms with Crippen molar-refractivity contribution in [3.05, 3.63) is 100 Å². The quantitative estimate of drug-likeness (QED) is 0.582. The lowest BCUT2D eigenvalue weighted by atomic mass is 9.99. The highest BCUT2D eigenvalue weighted by molar-refractivity contribution is 6.30. The molecule has 1 aliphatic rings. The van der Waals surface area contributed by atoms with Crippen LogP contribution in [0.4, 0.5) is 4.39 Å². The van der Waals surface area contributed by atoms with Crippen LogP contribution in [0.1, 0.15) is 27.5 Å². The number of hydrogen-bond donors (Lipinski definition) is 2. The number of rotatable bonds is 5. The van der Waals surface area contributed by atoms with Crippen LogP contribution < -0.4 is 15.5 Å². The number of carbonyl (C=O) groups excluding carboxylic acids is 2. The van der Waals surface area contributed by atoms with Gasteiger partial charge in [0.15, 0.2) is 6.04 Å². The Morgan fingerprint density at radius 1 is 1.06 bits per heavy atom. The molecule has 0 aromatic heterocycles. The van der Waals surface area contributed by atoms with Crippen molar-refractivity contribution in [2.45, 2.75) is 12.1 Å². The van der Waals surface area contributed by atoms with Crippen LogP contribution in [0.15, 0.2) is 72.8 Å². The molecule has 1 fully saturated rings. The van der Waals surface area contributed by atoms with Gasteiger partial charge in [-0.05, 0) is 60.7 Å². The third-order valence-corrected chi connectivity index (χ3v) is 5.40. The second-order valence-corrected chi connectivity index (χ2v) is 7.68. The van der Waals surface area contributed by atoms with Crippen molar-refractivity contribution in [2.75, 3.05) is 7.11 Å². The summed E-state index contributed by atoms with van der Waals surface area (Å²) in [6, 6.07) is 18.1. The molecule has 1 aliphatic heterocycles. The summed E-state index contributed by atoms with van der Waals surface area (Å²) in [5, 5.41) is 3.33. The molecule has 0 unspecified atom stereocenters. The first-order chi connectivity index (χ1) is 15.4. The van der Waals surface area contributed by atoms with E-state index < -0.39 is 23.8 Å². The number of ether oxygens (including phenoxy) is 1. The largest absolute Gasteiger partial charge is 0.497 e. The van der Waals surface area contributed by atoms with Crippen molar-refractivity contribution < 1.29 is 23.4 Å². The molecule has 8 heteroatoms. The van der Waals surface area contributed by atoms with Crippen molar-refractivity contribution in [1.82, 2.24) is 10.7 Å². The van der Waals surface area contributed by atoms with Gasteiger partial charge in [0.2, 0.25) is 12.3 Å². The minimum Gasteiger partial charge on any atom is -0.497 e. The number of carbonyl (C=O) groups is 2. The first-order valence-electron chi connectivity index (χ1n) is 9.84. The van der Waals surface area contributed by atoms with Crippen molar-refractivity contribution in [3.63, 3.8) is 0 Å². The summed E-state index contributed by atoms with van der Waals surface area (Å²) in [5.41, 5.74) is 4.67. The van der Waals surface area contributed by atoms with Crippen molar-refractivity contribution in [2.24, 2.45) is 0 Å². The lowest BCUT2D eigenvalue weighted by Gasteiger charge is -2.15. The van der Waals surface area contributed by atoms with Gasteiger partial charge in [0, 0.05) is 21.7 Å². The van der Waals surface area contributed by atoms with Crippen LogP contribution in [0, 0.1) is 5.82 Å². The summed E-state index contributed by atoms with van der Waals surface area (Å²) in [7, 11) is 1.59. The maximum absolute atomic E-state index is 13.2. The minimum atomic E-state index is -0.886. The van der Waals surface area contributed by atoms with Crippen molar-refractivity contribution in [3.8, 4) is 5.75 Å². The number of nitrogens with one attached hydrogen (secondary N) is 2. The van der Waals surface area contributed by atoms with Crippen LogP contribution in [0.25, 0.3) is 0 Å². The summed E-state index contributed by atoms with van der Waals surface area (Å²) in [5.74, 6) is -0.577. The van der Waals surface area contributed by atoms with Gasteiger partial charge in [-0.3, -0.25) is 9.59 Å². The molecular formula is C24H20ClFN3O3+. The Balaban J connectivity index is 1.68. The number of hydrogen-bond acceptors (Lipinski definition) is 3. The molecule has 0 aliphatic carbocycles. The number of methoxy groups -OCH3 is 1. The maximum Gasteiger partial charge on any atom is 0.304 e. The number of halogens is 2. The molecule has 4 rings (SSSR count). The number of amides is 2. The third-order valence-electron chi connectivity index (χ3n) is 5.15. The molecule has 6 nitrogen and oxygen atoms in total. The standard InChI is InChI=1S/C24H19ClFN3O3/c1-32-20-12-2-15(3-13-20)14-29-22(16-4-8-18(25)9-5-16)21(24(31)28-29)27-23(30)17-6-10-19(26)11-7-17/h2-14,21-22H,1H3,(H-,27,28,30,31)/p+1/b29-14-/t21-,22-/m1/s1. The fourth-order valence-corrected chi connectivity index (χ4v) is 3.64. The zero-order valence-corrected chi connectivity index (χ0v) is 17.8. The van der Waals surface area contributed by atoms with Gasteiger partial charge in [-0.15, -0.1) is 10.1 Å². The van der Waals surface area contributed by atoms with E-state index in [1.165, 1.54) is 24.3 Å². The number of benzene rings is 3. The first kappa shape index (κ1) is 21.5. The van der Waals surface area contributed by atoms with E-state index in [0.29, 0.717) is 10.8 Å². The Hall–Kier alpha value is -3.71. The average Bonchev–Trinajstić information content (AvgIpc) is 3.09. The van der Waals surface area contributed by atoms with Crippen molar-refractivity contribution >= 4 is 29.6 Å². The van der Waals surface area contributed by atoms with Gasteiger partial charge in [0.05, 0.1) is 7.11 Å². The lowest BCUT2D eigenvalue weighted by Crippen LogP contribution is -2.42. The van der Waals surface area contributed by atoms with Gasteiger partial charge in [0.25, 0.3) is 5.91 Å². The molecular weight excluding hydrogens is 433 g/mol. The highest BCUT2D eigenvalue weighted by atomic mass is 35.5. The molecule has 3 aromatic rings. The molecule has 2 N–H and O–H groups in total. The van der Waals surface area contributed by atoms with Gasteiger partial charge in [-0.25, -0.2) is 4.39 Å². The maximum atomic E-state index is 13.2. The number of hydrazine groups is 1. The fourth-order valence-electron chi connectivity index (χ4n) is 3.52. The predicted octanol–water partition coefficient (Wildman–Crippen LogP) is 3.50. The van der Waals surface area contributed by atoms with Crippen LogP contribution in [0.5, 0.6) is 5.75 Å². The van der Waals surface area contributed by atoms with Crippen LogP contribution in [0.2, 0.25) is 5.02 Å². The summed E-state index contributed by atoms with van der Waals surface area (Å²) >= 11 is 6.04. The summed E-state index contributed by atoms with van der Waals surface area (Å²) in [6.45, 7) is 0. The molecule has 0 bridgehead atoms. The molecule has 162 valence electrons. The van der Waals surface area contributed by atoms with Gasteiger partial charge in [-0.2, -0.15) is 0 Å². The highest BCUT2D eigenvalue weighted by Crippen LogP contribution is 2.27. The third kappa shape index (κ3) is 4.63. The summed E-state index contributed by atoms with van der Waals surface area (Å²) in [6.07, 6.45) is 1.78. The second-order valence-electron chi connectivity index (χ2n) is 7.24. The molecule has 0 radical (unpaired) electrons.